The van der Waals surface area contributed by atoms with Crippen LogP contribution in [0.4, 0.5) is 10.1 Å². The molecular weight excluding hydrogens is 385 g/mol. The third kappa shape index (κ3) is 4.72. The highest BCUT2D eigenvalue weighted by Crippen LogP contribution is 2.25. The molecule has 29 heavy (non-hydrogen) atoms. The lowest BCUT2D eigenvalue weighted by Gasteiger charge is -2.10. The number of rotatable bonds is 7. The first kappa shape index (κ1) is 19.9. The number of esters is 1. The van der Waals surface area contributed by atoms with Gasteiger partial charge in [0.25, 0.3) is 11.6 Å². The zero-order chi connectivity index (χ0) is 21.0. The summed E-state index contributed by atoms with van der Waals surface area (Å²) in [4.78, 5) is 22.3. The van der Waals surface area contributed by atoms with Gasteiger partial charge in [-0.15, -0.1) is 10.2 Å². The van der Waals surface area contributed by atoms with Crippen LogP contribution in [0, 0.1) is 15.9 Å². The van der Waals surface area contributed by atoms with Crippen LogP contribution in [0.2, 0.25) is 0 Å². The minimum absolute atomic E-state index is 0.0626. The predicted molar refractivity (Wildman–Crippen MR) is 97.6 cm³/mol. The van der Waals surface area contributed by atoms with Gasteiger partial charge in [-0.3, -0.25) is 14.9 Å². The minimum Gasteiger partial charge on any atom is -0.494 e. The van der Waals surface area contributed by atoms with Gasteiger partial charge in [0.1, 0.15) is 0 Å². The molecule has 1 aromatic heterocycles. The van der Waals surface area contributed by atoms with Crippen molar-refractivity contribution in [1.82, 2.24) is 10.2 Å². The van der Waals surface area contributed by atoms with Crippen LogP contribution in [0.1, 0.15) is 24.5 Å². The smallest absolute Gasteiger partial charge is 0.311 e. The second-order valence-electron chi connectivity index (χ2n) is 6.03. The highest BCUT2D eigenvalue weighted by Gasteiger charge is 2.20. The molecule has 0 spiro atoms. The SMILES string of the molecule is COc1ccc(CC(=O)O[C@@H](C)c2nnc(-c3ccc([N+](=O)[O-])cc3)o2)cc1F. The maximum Gasteiger partial charge on any atom is 0.311 e. The number of carbonyl (C=O) groups excluding carboxylic acids is 1. The maximum absolute atomic E-state index is 13.7. The van der Waals surface area contributed by atoms with Gasteiger partial charge in [-0.2, -0.15) is 0 Å². The molecule has 9 nitrogen and oxygen atoms in total. The molecule has 0 aliphatic rings. The summed E-state index contributed by atoms with van der Waals surface area (Å²) >= 11 is 0. The van der Waals surface area contributed by atoms with Crippen molar-refractivity contribution in [3.05, 3.63) is 69.9 Å². The molecule has 2 aromatic carbocycles. The van der Waals surface area contributed by atoms with Crippen molar-refractivity contribution in [1.29, 1.82) is 0 Å². The zero-order valence-corrected chi connectivity index (χ0v) is 15.5. The van der Waals surface area contributed by atoms with Crippen LogP contribution in [0.25, 0.3) is 11.5 Å². The summed E-state index contributed by atoms with van der Waals surface area (Å²) in [6.45, 7) is 1.56. The van der Waals surface area contributed by atoms with Crippen molar-refractivity contribution < 1.29 is 28.0 Å². The molecular formula is C19H16FN3O6. The summed E-state index contributed by atoms with van der Waals surface area (Å²) in [7, 11) is 1.35. The highest BCUT2D eigenvalue weighted by molar-refractivity contribution is 5.72. The van der Waals surface area contributed by atoms with Gasteiger partial charge in [-0.25, -0.2) is 4.39 Å². The van der Waals surface area contributed by atoms with Crippen molar-refractivity contribution in [2.75, 3.05) is 7.11 Å². The average molecular weight is 401 g/mol. The number of hydrogen-bond donors (Lipinski definition) is 0. The van der Waals surface area contributed by atoms with Gasteiger partial charge in [0.2, 0.25) is 5.89 Å². The Morgan fingerprint density at radius 1 is 1.24 bits per heavy atom. The van der Waals surface area contributed by atoms with Gasteiger partial charge in [0.15, 0.2) is 17.7 Å². The van der Waals surface area contributed by atoms with E-state index in [4.69, 9.17) is 13.9 Å². The molecule has 0 aliphatic heterocycles. The normalized spacial score (nSPS) is 11.7. The molecule has 0 bridgehead atoms. The largest absolute Gasteiger partial charge is 0.494 e. The number of halogens is 1. The molecule has 0 amide bonds. The fourth-order valence-corrected chi connectivity index (χ4v) is 2.52. The topological polar surface area (TPSA) is 118 Å². The fraction of sp³-hybridized carbons (Fsp3) is 0.211. The molecule has 0 saturated heterocycles. The van der Waals surface area contributed by atoms with Crippen LogP contribution in [0.3, 0.4) is 0 Å². The molecule has 10 heteroatoms. The van der Waals surface area contributed by atoms with E-state index < -0.39 is 22.8 Å². The molecule has 3 aromatic rings. The number of carbonyl (C=O) groups is 1. The van der Waals surface area contributed by atoms with E-state index in [1.165, 1.54) is 43.5 Å². The summed E-state index contributed by atoms with van der Waals surface area (Å²) in [6.07, 6.45) is -0.973. The lowest BCUT2D eigenvalue weighted by molar-refractivity contribution is -0.384. The summed E-state index contributed by atoms with van der Waals surface area (Å²) in [5.41, 5.74) is 0.852. The first-order valence-corrected chi connectivity index (χ1v) is 8.47. The Bertz CT molecular complexity index is 1030. The van der Waals surface area contributed by atoms with E-state index in [0.29, 0.717) is 11.1 Å². The van der Waals surface area contributed by atoms with E-state index in [2.05, 4.69) is 10.2 Å². The lowest BCUT2D eigenvalue weighted by Crippen LogP contribution is -2.12. The van der Waals surface area contributed by atoms with Crippen molar-refractivity contribution >= 4 is 11.7 Å². The first-order valence-electron chi connectivity index (χ1n) is 8.47. The van der Waals surface area contributed by atoms with Crippen molar-refractivity contribution in [2.45, 2.75) is 19.4 Å². The summed E-state index contributed by atoms with van der Waals surface area (Å²) in [5, 5.41) is 18.4. The van der Waals surface area contributed by atoms with Crippen molar-refractivity contribution in [3.63, 3.8) is 0 Å². The van der Waals surface area contributed by atoms with E-state index >= 15 is 0 Å². The Hall–Kier alpha value is -3.82. The predicted octanol–water partition coefficient (Wildman–Crippen LogP) is 3.64. The number of hydrogen-bond acceptors (Lipinski definition) is 8. The van der Waals surface area contributed by atoms with E-state index in [1.54, 1.807) is 13.0 Å². The molecule has 1 atom stereocenters. The van der Waals surface area contributed by atoms with E-state index in [1.807, 2.05) is 0 Å². The molecule has 1 heterocycles. The second kappa shape index (κ2) is 8.46. The summed E-state index contributed by atoms with van der Waals surface area (Å²) in [5.74, 6) is -0.893. The molecule has 0 fully saturated rings. The van der Waals surface area contributed by atoms with Crippen LogP contribution in [0.15, 0.2) is 46.9 Å². The number of non-ortho nitro benzene ring substituents is 1. The Morgan fingerprint density at radius 2 is 1.97 bits per heavy atom. The van der Waals surface area contributed by atoms with Crippen LogP contribution < -0.4 is 4.74 Å². The molecule has 0 N–H and O–H groups in total. The van der Waals surface area contributed by atoms with Crippen molar-refractivity contribution in [3.8, 4) is 17.2 Å². The number of aromatic nitrogens is 2. The van der Waals surface area contributed by atoms with E-state index in [0.717, 1.165) is 0 Å². The number of nitro groups is 1. The van der Waals surface area contributed by atoms with Crippen LogP contribution in [0.5, 0.6) is 5.75 Å². The molecule has 3 rings (SSSR count). The number of nitro benzene ring substituents is 1. The number of methoxy groups -OCH3 is 1. The van der Waals surface area contributed by atoms with Crippen LogP contribution >= 0.6 is 0 Å². The lowest BCUT2D eigenvalue weighted by atomic mass is 10.1. The highest BCUT2D eigenvalue weighted by atomic mass is 19.1. The molecule has 0 radical (unpaired) electrons. The molecule has 0 saturated carbocycles. The van der Waals surface area contributed by atoms with Gasteiger partial charge in [0, 0.05) is 17.7 Å². The maximum atomic E-state index is 13.7. The number of benzene rings is 2. The Morgan fingerprint density at radius 3 is 2.59 bits per heavy atom. The summed E-state index contributed by atoms with van der Waals surface area (Å²) < 4.78 is 29.3. The third-order valence-electron chi connectivity index (χ3n) is 3.99. The minimum atomic E-state index is -0.829. The molecule has 0 unspecified atom stereocenters. The van der Waals surface area contributed by atoms with Gasteiger partial charge < -0.3 is 13.9 Å². The summed E-state index contributed by atoms with van der Waals surface area (Å²) in [6, 6.07) is 9.77. The fourth-order valence-electron chi connectivity index (χ4n) is 2.52. The molecule has 150 valence electrons. The van der Waals surface area contributed by atoms with E-state index in [9.17, 15) is 19.3 Å². The standard InChI is InChI=1S/C19H16FN3O6/c1-11(28-17(24)10-12-3-8-16(27-2)15(20)9-12)18-21-22-19(29-18)13-4-6-14(7-5-13)23(25)26/h3-9,11H,10H2,1-2H3/t11-/m0/s1. The van der Waals surface area contributed by atoms with Gasteiger partial charge >= 0.3 is 5.97 Å². The monoisotopic (exact) mass is 401 g/mol. The second-order valence-corrected chi connectivity index (χ2v) is 6.03. The Labute approximate surface area is 164 Å². The first-order chi connectivity index (χ1) is 13.9. The zero-order valence-electron chi connectivity index (χ0n) is 15.5. The van der Waals surface area contributed by atoms with Crippen molar-refractivity contribution in [2.24, 2.45) is 0 Å². The Kier molecular flexibility index (Phi) is 5.82. The van der Waals surface area contributed by atoms with Gasteiger partial charge in [0.05, 0.1) is 18.5 Å². The van der Waals surface area contributed by atoms with Crippen LogP contribution in [-0.2, 0) is 16.0 Å². The van der Waals surface area contributed by atoms with Gasteiger partial charge in [-0.05, 0) is 36.8 Å². The van der Waals surface area contributed by atoms with E-state index in [-0.39, 0.29) is 29.6 Å². The van der Waals surface area contributed by atoms with Crippen LogP contribution in [-0.4, -0.2) is 28.2 Å². The number of nitrogens with zero attached hydrogens (tertiary/aromatic N) is 3. The molecule has 0 aliphatic carbocycles. The average Bonchev–Trinajstić information content (AvgIpc) is 3.18. The number of ether oxygens (including phenoxy) is 2. The Balaban J connectivity index is 1.63. The van der Waals surface area contributed by atoms with Gasteiger partial charge in [-0.1, -0.05) is 6.07 Å². The third-order valence-corrected chi connectivity index (χ3v) is 3.99. The quantitative estimate of drug-likeness (QED) is 0.334.